The third kappa shape index (κ3) is 3.25. The van der Waals surface area contributed by atoms with Crippen molar-refractivity contribution in [2.75, 3.05) is 5.73 Å². The van der Waals surface area contributed by atoms with Crippen molar-refractivity contribution in [1.29, 1.82) is 0 Å². The van der Waals surface area contributed by atoms with Crippen molar-refractivity contribution < 1.29 is 14.3 Å². The first-order valence-corrected chi connectivity index (χ1v) is 6.02. The lowest BCUT2D eigenvalue weighted by molar-refractivity contribution is -0.134. The molecule has 98 valence electrons. The van der Waals surface area contributed by atoms with Crippen LogP contribution < -0.4 is 15.2 Å². The molecule has 2 N–H and O–H groups in total. The highest BCUT2D eigenvalue weighted by atomic mass is 16.6. The average molecular weight is 257 g/mol. The summed E-state index contributed by atoms with van der Waals surface area (Å²) >= 11 is 0. The van der Waals surface area contributed by atoms with Crippen molar-refractivity contribution in [3.63, 3.8) is 0 Å². The zero-order chi connectivity index (χ0) is 13.7. The van der Waals surface area contributed by atoms with E-state index >= 15 is 0 Å². The highest BCUT2D eigenvalue weighted by Gasteiger charge is 2.12. The van der Waals surface area contributed by atoms with Gasteiger partial charge in [-0.1, -0.05) is 31.2 Å². The summed E-state index contributed by atoms with van der Waals surface area (Å²) in [7, 11) is 0. The Bertz CT molecular complexity index is 567. The molecule has 0 aliphatic carbocycles. The molecule has 2 aromatic rings. The first-order chi connectivity index (χ1) is 9.20. The van der Waals surface area contributed by atoms with Gasteiger partial charge < -0.3 is 15.2 Å². The Morgan fingerprint density at radius 2 is 1.84 bits per heavy atom. The maximum absolute atomic E-state index is 11.4. The maximum Gasteiger partial charge on any atom is 0.311 e. The normalized spacial score (nSPS) is 9.95. The second-order valence-electron chi connectivity index (χ2n) is 3.92. The van der Waals surface area contributed by atoms with Crippen LogP contribution in [0, 0.1) is 0 Å². The average Bonchev–Trinajstić information content (AvgIpc) is 2.43. The molecule has 2 rings (SSSR count). The van der Waals surface area contributed by atoms with Crippen molar-refractivity contribution in [1.82, 2.24) is 0 Å². The Balaban J connectivity index is 2.30. The molecule has 2 aromatic carbocycles. The van der Waals surface area contributed by atoms with Crippen LogP contribution in [-0.2, 0) is 4.79 Å². The molecule has 19 heavy (non-hydrogen) atoms. The molecule has 4 heteroatoms. The van der Waals surface area contributed by atoms with Gasteiger partial charge in [-0.15, -0.1) is 0 Å². The van der Waals surface area contributed by atoms with E-state index in [0.717, 1.165) is 0 Å². The summed E-state index contributed by atoms with van der Waals surface area (Å²) in [6.45, 7) is 1.73. The van der Waals surface area contributed by atoms with E-state index in [0.29, 0.717) is 29.4 Å². The SMILES string of the molecule is CCC(=O)Oc1cccc(N)c1Oc1ccccc1. The minimum Gasteiger partial charge on any atom is -0.451 e. The highest BCUT2D eigenvalue weighted by molar-refractivity contribution is 5.74. The van der Waals surface area contributed by atoms with E-state index in [-0.39, 0.29) is 5.97 Å². The van der Waals surface area contributed by atoms with Gasteiger partial charge >= 0.3 is 5.97 Å². The fourth-order valence-corrected chi connectivity index (χ4v) is 1.52. The van der Waals surface area contributed by atoms with Crippen LogP contribution in [0.5, 0.6) is 17.2 Å². The molecule has 0 heterocycles. The van der Waals surface area contributed by atoms with Crippen LogP contribution in [0.1, 0.15) is 13.3 Å². The van der Waals surface area contributed by atoms with Gasteiger partial charge in [0.2, 0.25) is 0 Å². The van der Waals surface area contributed by atoms with Crippen LogP contribution in [0.15, 0.2) is 48.5 Å². The van der Waals surface area contributed by atoms with Crippen LogP contribution in [0.4, 0.5) is 5.69 Å². The Morgan fingerprint density at radius 1 is 1.11 bits per heavy atom. The fourth-order valence-electron chi connectivity index (χ4n) is 1.52. The molecule has 0 aliphatic heterocycles. The predicted molar refractivity (Wildman–Crippen MR) is 73.3 cm³/mol. The zero-order valence-electron chi connectivity index (χ0n) is 10.6. The summed E-state index contributed by atoms with van der Waals surface area (Å²) in [4.78, 5) is 11.4. The van der Waals surface area contributed by atoms with Gasteiger partial charge in [-0.2, -0.15) is 0 Å². The number of benzene rings is 2. The number of hydrogen-bond acceptors (Lipinski definition) is 4. The number of rotatable bonds is 4. The molecule has 0 bridgehead atoms. The van der Waals surface area contributed by atoms with Crippen molar-refractivity contribution in [2.24, 2.45) is 0 Å². The van der Waals surface area contributed by atoms with Crippen molar-refractivity contribution in [2.45, 2.75) is 13.3 Å². The fraction of sp³-hybridized carbons (Fsp3) is 0.133. The quantitative estimate of drug-likeness (QED) is 0.518. The molecular formula is C15H15NO3. The Kier molecular flexibility index (Phi) is 4.03. The number of nitrogen functional groups attached to an aromatic ring is 1. The minimum atomic E-state index is -0.330. The van der Waals surface area contributed by atoms with Gasteiger partial charge in [0.1, 0.15) is 5.75 Å². The monoisotopic (exact) mass is 257 g/mol. The molecule has 4 nitrogen and oxygen atoms in total. The largest absolute Gasteiger partial charge is 0.451 e. The van der Waals surface area contributed by atoms with E-state index in [1.165, 1.54) is 0 Å². The van der Waals surface area contributed by atoms with Gasteiger partial charge in [0, 0.05) is 6.42 Å². The second-order valence-corrected chi connectivity index (χ2v) is 3.92. The number of anilines is 1. The predicted octanol–water partition coefficient (Wildman–Crippen LogP) is 3.38. The number of carbonyl (C=O) groups excluding carboxylic acids is 1. The molecular weight excluding hydrogens is 242 g/mol. The second kappa shape index (κ2) is 5.91. The summed E-state index contributed by atoms with van der Waals surface area (Å²) in [6, 6.07) is 14.3. The van der Waals surface area contributed by atoms with E-state index in [2.05, 4.69) is 0 Å². The first-order valence-electron chi connectivity index (χ1n) is 6.02. The number of nitrogens with two attached hydrogens (primary N) is 1. The van der Waals surface area contributed by atoms with Gasteiger partial charge in [-0.3, -0.25) is 4.79 Å². The van der Waals surface area contributed by atoms with E-state index < -0.39 is 0 Å². The molecule has 0 radical (unpaired) electrons. The zero-order valence-corrected chi connectivity index (χ0v) is 10.6. The van der Waals surface area contributed by atoms with Crippen LogP contribution in [-0.4, -0.2) is 5.97 Å². The number of para-hydroxylation sites is 2. The number of hydrogen-bond donors (Lipinski definition) is 1. The summed E-state index contributed by atoms with van der Waals surface area (Å²) < 4.78 is 10.9. The molecule has 0 atom stereocenters. The smallest absolute Gasteiger partial charge is 0.311 e. The van der Waals surface area contributed by atoms with E-state index in [1.54, 1.807) is 37.3 Å². The molecule has 0 aromatic heterocycles. The van der Waals surface area contributed by atoms with Gasteiger partial charge in [-0.25, -0.2) is 0 Å². The molecule has 0 spiro atoms. The van der Waals surface area contributed by atoms with Crippen molar-refractivity contribution >= 4 is 11.7 Å². The van der Waals surface area contributed by atoms with Crippen LogP contribution in [0.2, 0.25) is 0 Å². The first kappa shape index (κ1) is 13.0. The standard InChI is InChI=1S/C15H15NO3/c1-2-14(17)19-13-10-6-9-12(16)15(13)18-11-7-4-3-5-8-11/h3-10H,2,16H2,1H3. The highest BCUT2D eigenvalue weighted by Crippen LogP contribution is 2.36. The van der Waals surface area contributed by atoms with Gasteiger partial charge in [0.15, 0.2) is 11.5 Å². The van der Waals surface area contributed by atoms with Gasteiger partial charge in [0.25, 0.3) is 0 Å². The number of ether oxygens (including phenoxy) is 2. The number of esters is 1. The van der Waals surface area contributed by atoms with Crippen molar-refractivity contribution in [3.8, 4) is 17.2 Å². The lowest BCUT2D eigenvalue weighted by atomic mass is 10.2. The van der Waals surface area contributed by atoms with Crippen LogP contribution in [0.3, 0.4) is 0 Å². The van der Waals surface area contributed by atoms with E-state index in [1.807, 2.05) is 18.2 Å². The van der Waals surface area contributed by atoms with E-state index in [4.69, 9.17) is 15.2 Å². The Labute approximate surface area is 111 Å². The summed E-state index contributed by atoms with van der Waals surface area (Å²) in [5.74, 6) is 0.990. The molecule has 0 saturated heterocycles. The topological polar surface area (TPSA) is 61.5 Å². The minimum absolute atomic E-state index is 0.291. The molecule has 0 aliphatic rings. The van der Waals surface area contributed by atoms with Crippen LogP contribution in [0.25, 0.3) is 0 Å². The lowest BCUT2D eigenvalue weighted by Crippen LogP contribution is -2.07. The molecule has 0 fully saturated rings. The Morgan fingerprint density at radius 3 is 2.53 bits per heavy atom. The maximum atomic E-state index is 11.4. The number of carbonyl (C=O) groups is 1. The van der Waals surface area contributed by atoms with Crippen LogP contribution >= 0.6 is 0 Å². The van der Waals surface area contributed by atoms with Crippen molar-refractivity contribution in [3.05, 3.63) is 48.5 Å². The third-order valence-corrected chi connectivity index (χ3v) is 2.48. The molecule has 0 amide bonds. The summed E-state index contributed by atoms with van der Waals surface area (Å²) in [5, 5.41) is 0. The molecule has 0 unspecified atom stereocenters. The Hall–Kier alpha value is -2.49. The molecule has 0 saturated carbocycles. The lowest BCUT2D eigenvalue weighted by Gasteiger charge is -2.13. The van der Waals surface area contributed by atoms with E-state index in [9.17, 15) is 4.79 Å². The summed E-state index contributed by atoms with van der Waals surface area (Å²) in [5.41, 5.74) is 6.29. The van der Waals surface area contributed by atoms with Gasteiger partial charge in [0.05, 0.1) is 5.69 Å². The summed E-state index contributed by atoms with van der Waals surface area (Å²) in [6.07, 6.45) is 0.291. The third-order valence-electron chi connectivity index (χ3n) is 2.48. The van der Waals surface area contributed by atoms with Gasteiger partial charge in [-0.05, 0) is 24.3 Å².